The van der Waals surface area contributed by atoms with Crippen LogP contribution >= 0.6 is 0 Å². The van der Waals surface area contributed by atoms with Gasteiger partial charge in [0.05, 0.1) is 0 Å². The van der Waals surface area contributed by atoms with Gasteiger partial charge in [0.2, 0.25) is 0 Å². The lowest BCUT2D eigenvalue weighted by Gasteiger charge is -2.38. The first-order chi connectivity index (χ1) is 19.1. The van der Waals surface area contributed by atoms with Gasteiger partial charge in [-0.1, -0.05) is 74.1 Å². The van der Waals surface area contributed by atoms with Gasteiger partial charge in [-0.3, -0.25) is 0 Å². The van der Waals surface area contributed by atoms with Crippen LogP contribution in [0.25, 0.3) is 11.1 Å². The number of rotatable bonds is 4. The molecule has 1 aliphatic carbocycles. The highest BCUT2D eigenvalue weighted by Crippen LogP contribution is 2.44. The van der Waals surface area contributed by atoms with Crippen molar-refractivity contribution in [3.05, 3.63) is 87.5 Å². The van der Waals surface area contributed by atoms with Gasteiger partial charge in [0.15, 0.2) is 0 Å². The molecule has 0 spiro atoms. The van der Waals surface area contributed by atoms with Gasteiger partial charge in [-0.25, -0.2) is 4.79 Å². The van der Waals surface area contributed by atoms with E-state index in [9.17, 15) is 4.79 Å². The molecule has 0 saturated carbocycles. The Labute approximate surface area is 240 Å². The minimum Gasteiger partial charge on any atom is -0.448 e. The number of nitrogens with two attached hydrogens (primary N) is 1. The van der Waals surface area contributed by atoms with Crippen LogP contribution in [0.2, 0.25) is 19.6 Å². The summed E-state index contributed by atoms with van der Waals surface area (Å²) in [6.45, 7) is 16.9. The number of piperazine rings is 1. The molecule has 0 unspecified atom stereocenters. The van der Waals surface area contributed by atoms with E-state index in [4.69, 9.17) is 10.5 Å². The molecule has 5 nitrogen and oxygen atoms in total. The van der Waals surface area contributed by atoms with Crippen LogP contribution in [0, 0.1) is 32.2 Å². The lowest BCUT2D eigenvalue weighted by molar-refractivity contribution is 0.0976. The molecule has 208 valence electrons. The zero-order chi connectivity index (χ0) is 28.6. The van der Waals surface area contributed by atoms with Crippen LogP contribution in [0.4, 0.5) is 10.5 Å². The maximum absolute atomic E-state index is 13.2. The van der Waals surface area contributed by atoms with Crippen molar-refractivity contribution in [3.63, 3.8) is 0 Å². The average molecular weight is 552 g/mol. The molecule has 2 aliphatic rings. The largest absolute Gasteiger partial charge is 0.448 e. The fourth-order valence-electron chi connectivity index (χ4n) is 6.27. The highest BCUT2D eigenvalue weighted by Gasteiger charge is 2.31. The summed E-state index contributed by atoms with van der Waals surface area (Å²) in [6.07, 6.45) is -0.233. The fourth-order valence-corrected chi connectivity index (χ4v) is 6.77. The Morgan fingerprint density at radius 1 is 0.900 bits per heavy atom. The number of benzene rings is 3. The van der Waals surface area contributed by atoms with Crippen LogP contribution in [-0.4, -0.2) is 51.9 Å². The predicted octanol–water partition coefficient (Wildman–Crippen LogP) is 6.37. The molecule has 3 aromatic rings. The van der Waals surface area contributed by atoms with Crippen LogP contribution in [-0.2, 0) is 11.3 Å². The molecule has 3 aromatic carbocycles. The highest BCUT2D eigenvalue weighted by molar-refractivity contribution is 6.83. The molecule has 1 heterocycles. The molecule has 1 aliphatic heterocycles. The van der Waals surface area contributed by atoms with Gasteiger partial charge >= 0.3 is 6.09 Å². The number of hydrogen-bond donors (Lipinski definition) is 1. The molecule has 1 amide bonds. The Bertz CT molecular complexity index is 1460. The average Bonchev–Trinajstić information content (AvgIpc) is 3.25. The van der Waals surface area contributed by atoms with Gasteiger partial charge in [0, 0.05) is 49.9 Å². The first-order valence-corrected chi connectivity index (χ1v) is 17.8. The lowest BCUT2D eigenvalue weighted by atomic mass is 9.90. The Morgan fingerprint density at radius 2 is 1.48 bits per heavy atom. The molecule has 1 saturated heterocycles. The van der Waals surface area contributed by atoms with Crippen molar-refractivity contribution in [2.75, 3.05) is 37.7 Å². The predicted molar refractivity (Wildman–Crippen MR) is 168 cm³/mol. The van der Waals surface area contributed by atoms with Gasteiger partial charge in [0.1, 0.15) is 14.7 Å². The Kier molecular flexibility index (Phi) is 7.81. The van der Waals surface area contributed by atoms with Gasteiger partial charge < -0.3 is 20.3 Å². The molecular weight excluding hydrogens is 510 g/mol. The Balaban J connectivity index is 1.29. The number of amides is 1. The highest BCUT2D eigenvalue weighted by atomic mass is 28.3. The first-order valence-electron chi connectivity index (χ1n) is 14.3. The molecule has 1 fully saturated rings. The number of carbonyl (C=O) groups is 1. The number of fused-ring (bicyclic) bond motifs is 3. The van der Waals surface area contributed by atoms with E-state index >= 15 is 0 Å². The standard InChI is InChI=1S/C34H41N3O2Si/c1-23-26(15-20-40(4,5)6)24(2)33(25(3)31(23)21-35)36-16-18-37(19-17-36)34(38)39-22-32-29-13-9-7-11-27(29)28-12-8-10-14-30(28)32/h7-14,32H,16-19,21-22,35H2,1-6H3. The van der Waals surface area contributed by atoms with Crippen molar-refractivity contribution in [2.45, 2.75) is 52.9 Å². The zero-order valence-electron chi connectivity index (χ0n) is 24.7. The first kappa shape index (κ1) is 28.0. The maximum Gasteiger partial charge on any atom is 0.409 e. The zero-order valence-corrected chi connectivity index (χ0v) is 25.7. The second-order valence-electron chi connectivity index (χ2n) is 12.1. The summed E-state index contributed by atoms with van der Waals surface area (Å²) in [7, 11) is -1.53. The minimum absolute atomic E-state index is 0.0703. The van der Waals surface area contributed by atoms with E-state index in [2.05, 4.69) is 105 Å². The van der Waals surface area contributed by atoms with Crippen molar-refractivity contribution in [3.8, 4) is 22.6 Å². The van der Waals surface area contributed by atoms with E-state index in [1.807, 2.05) is 4.90 Å². The van der Waals surface area contributed by atoms with Gasteiger partial charge in [-0.2, -0.15) is 0 Å². The Morgan fingerprint density at radius 3 is 2.02 bits per heavy atom. The van der Waals surface area contributed by atoms with Crippen LogP contribution in [0.15, 0.2) is 48.5 Å². The SMILES string of the molecule is Cc1c(C#C[Si](C)(C)C)c(C)c(N2CCN(C(=O)OCC3c4ccccc4-c4ccccc43)CC2)c(C)c1CN. The Hall–Kier alpha value is -3.53. The number of anilines is 1. The van der Waals surface area contributed by atoms with Crippen LogP contribution in [0.5, 0.6) is 0 Å². The van der Waals surface area contributed by atoms with Gasteiger partial charge in [0.25, 0.3) is 0 Å². The van der Waals surface area contributed by atoms with Crippen LogP contribution < -0.4 is 10.6 Å². The monoisotopic (exact) mass is 551 g/mol. The van der Waals surface area contributed by atoms with E-state index in [1.165, 1.54) is 50.2 Å². The van der Waals surface area contributed by atoms with Crippen molar-refractivity contribution < 1.29 is 9.53 Å². The molecule has 0 aromatic heterocycles. The number of carbonyl (C=O) groups excluding carboxylic acids is 1. The number of ether oxygens (including phenoxy) is 1. The molecule has 5 rings (SSSR count). The second kappa shape index (κ2) is 11.2. The fraction of sp³-hybridized carbons (Fsp3) is 0.382. The molecular formula is C34H41N3O2Si. The van der Waals surface area contributed by atoms with Gasteiger partial charge in [-0.05, 0) is 65.3 Å². The molecule has 0 bridgehead atoms. The number of hydrogen-bond acceptors (Lipinski definition) is 4. The van der Waals surface area contributed by atoms with Crippen molar-refractivity contribution in [1.29, 1.82) is 0 Å². The molecule has 2 N–H and O–H groups in total. The van der Waals surface area contributed by atoms with Crippen LogP contribution in [0.3, 0.4) is 0 Å². The maximum atomic E-state index is 13.2. The third-order valence-electron chi connectivity index (χ3n) is 8.32. The second-order valence-corrected chi connectivity index (χ2v) is 16.8. The van der Waals surface area contributed by atoms with E-state index in [-0.39, 0.29) is 12.0 Å². The molecule has 40 heavy (non-hydrogen) atoms. The van der Waals surface area contributed by atoms with Crippen molar-refractivity contribution >= 4 is 19.9 Å². The van der Waals surface area contributed by atoms with Crippen molar-refractivity contribution in [2.24, 2.45) is 5.73 Å². The third kappa shape index (κ3) is 5.28. The van der Waals surface area contributed by atoms with Crippen LogP contribution in [0.1, 0.15) is 44.9 Å². The topological polar surface area (TPSA) is 58.8 Å². The van der Waals surface area contributed by atoms with Gasteiger partial charge in [-0.15, -0.1) is 5.54 Å². The summed E-state index contributed by atoms with van der Waals surface area (Å²) in [6, 6.07) is 16.9. The molecule has 0 atom stereocenters. The summed E-state index contributed by atoms with van der Waals surface area (Å²) < 4.78 is 5.94. The quantitative estimate of drug-likeness (QED) is 0.302. The third-order valence-corrected chi connectivity index (χ3v) is 9.20. The van der Waals surface area contributed by atoms with E-state index in [0.717, 1.165) is 18.7 Å². The summed E-state index contributed by atoms with van der Waals surface area (Å²) in [5.41, 5.74) is 21.9. The minimum atomic E-state index is -1.53. The van der Waals surface area contributed by atoms with E-state index in [1.54, 1.807) is 0 Å². The van der Waals surface area contributed by atoms with E-state index < -0.39 is 8.07 Å². The molecule has 6 heteroatoms. The molecule has 0 radical (unpaired) electrons. The normalized spacial score (nSPS) is 14.9. The number of nitrogens with zero attached hydrogens (tertiary/aromatic N) is 2. The van der Waals surface area contributed by atoms with Crippen molar-refractivity contribution in [1.82, 2.24) is 4.90 Å². The smallest absolute Gasteiger partial charge is 0.409 e. The summed E-state index contributed by atoms with van der Waals surface area (Å²) in [4.78, 5) is 17.4. The summed E-state index contributed by atoms with van der Waals surface area (Å²) >= 11 is 0. The van der Waals surface area contributed by atoms with E-state index in [0.29, 0.717) is 26.2 Å². The summed E-state index contributed by atoms with van der Waals surface area (Å²) in [5.74, 6) is 3.60. The summed E-state index contributed by atoms with van der Waals surface area (Å²) in [5, 5.41) is 0. The lowest BCUT2D eigenvalue weighted by Crippen LogP contribution is -2.49.